The Bertz CT molecular complexity index is 301. The smallest absolute Gasteiger partial charge is 0.178 e. The van der Waals surface area contributed by atoms with Crippen LogP contribution in [-0.2, 0) is 0 Å². The average Bonchev–Trinajstić information content (AvgIpc) is 2.32. The van der Waals surface area contributed by atoms with Gasteiger partial charge in [-0.25, -0.2) is 4.98 Å². The summed E-state index contributed by atoms with van der Waals surface area (Å²) < 4.78 is 0. The van der Waals surface area contributed by atoms with Crippen LogP contribution in [-0.4, -0.2) is 10.8 Å². The van der Waals surface area contributed by atoms with Crippen molar-refractivity contribution in [2.24, 2.45) is 0 Å². The molecule has 2 rings (SSSR count). The minimum Gasteiger partial charge on any atom is -0.293 e. The lowest BCUT2D eigenvalue weighted by Gasteiger charge is -2.22. The molecule has 12 heavy (non-hydrogen) atoms. The number of ketones is 1. The first-order valence-corrected chi connectivity index (χ1v) is 5.11. The lowest BCUT2D eigenvalue weighted by molar-refractivity contribution is 0.101. The molecular formula is C9H11NOS. The third kappa shape index (κ3) is 1.29. The molecule has 1 aliphatic rings. The first-order valence-electron chi connectivity index (χ1n) is 4.24. The SMILES string of the molecule is CC(=O)c1csc(C2CCC2)n1. The highest BCUT2D eigenvalue weighted by Crippen LogP contribution is 2.37. The van der Waals surface area contributed by atoms with E-state index in [1.807, 2.05) is 5.38 Å². The summed E-state index contributed by atoms with van der Waals surface area (Å²) in [5, 5.41) is 3.03. The molecule has 0 N–H and O–H groups in total. The summed E-state index contributed by atoms with van der Waals surface area (Å²) in [5.74, 6) is 0.736. The fraction of sp³-hybridized carbons (Fsp3) is 0.556. The Hall–Kier alpha value is -0.700. The maximum Gasteiger partial charge on any atom is 0.178 e. The molecule has 1 saturated carbocycles. The topological polar surface area (TPSA) is 30.0 Å². The number of nitrogens with zero attached hydrogens (tertiary/aromatic N) is 1. The van der Waals surface area contributed by atoms with E-state index >= 15 is 0 Å². The maximum absolute atomic E-state index is 10.9. The number of carbonyl (C=O) groups is 1. The van der Waals surface area contributed by atoms with Gasteiger partial charge >= 0.3 is 0 Å². The Morgan fingerprint density at radius 3 is 2.83 bits per heavy atom. The second-order valence-electron chi connectivity index (χ2n) is 3.25. The molecule has 0 spiro atoms. The number of hydrogen-bond donors (Lipinski definition) is 0. The van der Waals surface area contributed by atoms with Crippen molar-refractivity contribution in [1.29, 1.82) is 0 Å². The van der Waals surface area contributed by atoms with E-state index in [0.717, 1.165) is 5.01 Å². The summed E-state index contributed by atoms with van der Waals surface area (Å²) >= 11 is 1.63. The fourth-order valence-corrected chi connectivity index (χ4v) is 2.32. The van der Waals surface area contributed by atoms with Crippen LogP contribution in [0.2, 0.25) is 0 Å². The van der Waals surface area contributed by atoms with E-state index in [0.29, 0.717) is 11.6 Å². The van der Waals surface area contributed by atoms with Gasteiger partial charge in [-0.05, 0) is 12.8 Å². The second kappa shape index (κ2) is 2.98. The van der Waals surface area contributed by atoms with Gasteiger partial charge in [0.15, 0.2) is 5.78 Å². The van der Waals surface area contributed by atoms with Crippen LogP contribution in [0.4, 0.5) is 0 Å². The molecule has 0 bridgehead atoms. The highest BCUT2D eigenvalue weighted by Gasteiger charge is 2.22. The van der Waals surface area contributed by atoms with Crippen LogP contribution in [0.5, 0.6) is 0 Å². The zero-order chi connectivity index (χ0) is 8.55. The molecule has 0 radical (unpaired) electrons. The van der Waals surface area contributed by atoms with Gasteiger partial charge in [0, 0.05) is 18.2 Å². The zero-order valence-electron chi connectivity index (χ0n) is 7.04. The quantitative estimate of drug-likeness (QED) is 0.656. The van der Waals surface area contributed by atoms with Gasteiger partial charge in [0.25, 0.3) is 0 Å². The van der Waals surface area contributed by atoms with E-state index in [1.165, 1.54) is 19.3 Å². The zero-order valence-corrected chi connectivity index (χ0v) is 7.86. The molecule has 0 unspecified atom stereocenters. The molecule has 64 valence electrons. The van der Waals surface area contributed by atoms with Crippen LogP contribution in [0.25, 0.3) is 0 Å². The van der Waals surface area contributed by atoms with Crippen LogP contribution in [0.3, 0.4) is 0 Å². The average molecular weight is 181 g/mol. The van der Waals surface area contributed by atoms with Crippen LogP contribution >= 0.6 is 11.3 Å². The van der Waals surface area contributed by atoms with Crippen LogP contribution < -0.4 is 0 Å². The molecule has 1 fully saturated rings. The summed E-state index contributed by atoms with van der Waals surface area (Å²) in [6, 6.07) is 0. The largest absolute Gasteiger partial charge is 0.293 e. The van der Waals surface area contributed by atoms with E-state index < -0.39 is 0 Å². The lowest BCUT2D eigenvalue weighted by atomic mass is 9.86. The van der Waals surface area contributed by atoms with Crippen molar-refractivity contribution in [1.82, 2.24) is 4.98 Å². The molecular weight excluding hydrogens is 170 g/mol. The Morgan fingerprint density at radius 1 is 1.67 bits per heavy atom. The van der Waals surface area contributed by atoms with Crippen molar-refractivity contribution in [2.75, 3.05) is 0 Å². The standard InChI is InChI=1S/C9H11NOS/c1-6(11)8-5-12-9(10-8)7-3-2-4-7/h5,7H,2-4H2,1H3. The molecule has 0 aromatic carbocycles. The molecule has 1 aliphatic carbocycles. The predicted octanol–water partition coefficient (Wildman–Crippen LogP) is 2.61. The van der Waals surface area contributed by atoms with Gasteiger partial charge in [-0.1, -0.05) is 6.42 Å². The number of carbonyl (C=O) groups excluding carboxylic acids is 1. The molecule has 0 atom stereocenters. The van der Waals surface area contributed by atoms with Crippen molar-refractivity contribution in [3.8, 4) is 0 Å². The molecule has 1 aromatic heterocycles. The van der Waals surface area contributed by atoms with Crippen molar-refractivity contribution in [3.05, 3.63) is 16.1 Å². The fourth-order valence-electron chi connectivity index (χ4n) is 1.29. The van der Waals surface area contributed by atoms with Crippen molar-refractivity contribution < 1.29 is 4.79 Å². The van der Waals surface area contributed by atoms with Gasteiger partial charge in [-0.2, -0.15) is 0 Å². The molecule has 1 aromatic rings. The van der Waals surface area contributed by atoms with Crippen molar-refractivity contribution in [3.63, 3.8) is 0 Å². The van der Waals surface area contributed by atoms with Gasteiger partial charge in [-0.15, -0.1) is 11.3 Å². The third-order valence-corrected chi connectivity index (χ3v) is 3.34. The number of aromatic nitrogens is 1. The van der Waals surface area contributed by atoms with Crippen LogP contribution in [0.15, 0.2) is 5.38 Å². The third-order valence-electron chi connectivity index (χ3n) is 2.34. The number of Topliss-reactive ketones (excluding diaryl/α,β-unsaturated/α-hetero) is 1. The normalized spacial score (nSPS) is 17.4. The monoisotopic (exact) mass is 181 g/mol. The Balaban J connectivity index is 2.17. The first kappa shape index (κ1) is 7.92. The van der Waals surface area contributed by atoms with E-state index in [4.69, 9.17) is 0 Å². The Morgan fingerprint density at radius 2 is 2.42 bits per heavy atom. The summed E-state index contributed by atoms with van der Waals surface area (Å²) in [4.78, 5) is 15.2. The summed E-state index contributed by atoms with van der Waals surface area (Å²) in [5.41, 5.74) is 0.641. The predicted molar refractivity (Wildman–Crippen MR) is 48.7 cm³/mol. The van der Waals surface area contributed by atoms with Gasteiger partial charge in [0.2, 0.25) is 0 Å². The highest BCUT2D eigenvalue weighted by molar-refractivity contribution is 7.09. The van der Waals surface area contributed by atoms with Crippen molar-refractivity contribution in [2.45, 2.75) is 32.1 Å². The minimum absolute atomic E-state index is 0.0804. The van der Waals surface area contributed by atoms with Gasteiger partial charge in [-0.3, -0.25) is 4.79 Å². The Kier molecular flexibility index (Phi) is 1.97. The van der Waals surface area contributed by atoms with E-state index in [9.17, 15) is 4.79 Å². The molecule has 0 saturated heterocycles. The number of hydrogen-bond acceptors (Lipinski definition) is 3. The van der Waals surface area contributed by atoms with Gasteiger partial charge in [0.05, 0.1) is 5.01 Å². The summed E-state index contributed by atoms with van der Waals surface area (Å²) in [6.07, 6.45) is 3.83. The number of rotatable bonds is 2. The lowest BCUT2D eigenvalue weighted by Crippen LogP contribution is -2.08. The van der Waals surface area contributed by atoms with Gasteiger partial charge in [0.1, 0.15) is 5.69 Å². The van der Waals surface area contributed by atoms with Crippen LogP contribution in [0.1, 0.15) is 47.6 Å². The van der Waals surface area contributed by atoms with E-state index in [1.54, 1.807) is 18.3 Å². The maximum atomic E-state index is 10.9. The highest BCUT2D eigenvalue weighted by atomic mass is 32.1. The molecule has 1 heterocycles. The molecule has 0 aliphatic heterocycles. The summed E-state index contributed by atoms with van der Waals surface area (Å²) in [6.45, 7) is 1.57. The van der Waals surface area contributed by atoms with E-state index in [-0.39, 0.29) is 5.78 Å². The first-order chi connectivity index (χ1) is 5.77. The molecule has 2 nitrogen and oxygen atoms in total. The van der Waals surface area contributed by atoms with Crippen molar-refractivity contribution >= 4 is 17.1 Å². The Labute approximate surface area is 75.6 Å². The number of thiazole rings is 1. The van der Waals surface area contributed by atoms with E-state index in [2.05, 4.69) is 4.98 Å². The molecule has 3 heteroatoms. The van der Waals surface area contributed by atoms with Crippen LogP contribution in [0, 0.1) is 0 Å². The molecule has 0 amide bonds. The second-order valence-corrected chi connectivity index (χ2v) is 4.14. The summed E-state index contributed by atoms with van der Waals surface area (Å²) in [7, 11) is 0. The van der Waals surface area contributed by atoms with Gasteiger partial charge < -0.3 is 0 Å². The minimum atomic E-state index is 0.0804.